The number of benzene rings is 1. The van der Waals surface area contributed by atoms with Gasteiger partial charge >= 0.3 is 18.3 Å². The minimum absolute atomic E-state index is 0.111. The second-order valence-corrected chi connectivity index (χ2v) is 5.34. The smallest absolute Gasteiger partial charge is 0.446 e. The van der Waals surface area contributed by atoms with Gasteiger partial charge in [-0.3, -0.25) is 0 Å². The van der Waals surface area contributed by atoms with Crippen LogP contribution in [0.3, 0.4) is 0 Å². The van der Waals surface area contributed by atoms with Crippen LogP contribution in [-0.4, -0.2) is 34.0 Å². The maximum Gasteiger partial charge on any atom is 0.507 e. The van der Waals surface area contributed by atoms with E-state index in [1.165, 1.54) is 0 Å². The van der Waals surface area contributed by atoms with E-state index in [2.05, 4.69) is 14.5 Å². The van der Waals surface area contributed by atoms with Gasteiger partial charge < -0.3 is 14.2 Å². The highest BCUT2D eigenvalue weighted by Gasteiger charge is 2.66. The molecule has 3 rings (SSSR count). The summed E-state index contributed by atoms with van der Waals surface area (Å²) in [7, 11) is 0. The van der Waals surface area contributed by atoms with Crippen molar-refractivity contribution >= 4 is 17.1 Å². The summed E-state index contributed by atoms with van der Waals surface area (Å²) < 4.78 is 66.8. The molecule has 2 aromatic rings. The first-order chi connectivity index (χ1) is 11.6. The number of alkyl halides is 4. The maximum absolute atomic E-state index is 13.3. The van der Waals surface area contributed by atoms with Crippen LogP contribution >= 0.6 is 0 Å². The minimum Gasteiger partial charge on any atom is -0.446 e. The Hall–Kier alpha value is -3.03. The standard InChI is InChI=1S/C14H9F4N3O4/c1-6(2)23-12(22)21-8-4-10-9(3-7(8)20-11(21)5-19)24-13(15,16)14(17,18)25-10/h3-4,6H,1-2H3. The van der Waals surface area contributed by atoms with Crippen LogP contribution in [0.4, 0.5) is 22.4 Å². The van der Waals surface area contributed by atoms with Crippen molar-refractivity contribution in [3.63, 3.8) is 0 Å². The Morgan fingerprint density at radius 1 is 1.24 bits per heavy atom. The van der Waals surface area contributed by atoms with E-state index < -0.39 is 41.7 Å². The minimum atomic E-state index is -4.91. The van der Waals surface area contributed by atoms with Gasteiger partial charge in [-0.1, -0.05) is 0 Å². The molecule has 2 heterocycles. The van der Waals surface area contributed by atoms with Gasteiger partial charge in [0, 0.05) is 12.1 Å². The highest BCUT2D eigenvalue weighted by Crippen LogP contribution is 2.48. The highest BCUT2D eigenvalue weighted by molar-refractivity contribution is 5.90. The number of hydrogen-bond acceptors (Lipinski definition) is 6. The Morgan fingerprint density at radius 3 is 2.32 bits per heavy atom. The quantitative estimate of drug-likeness (QED) is 0.727. The number of nitriles is 1. The fourth-order valence-corrected chi connectivity index (χ4v) is 2.15. The molecule has 1 aliphatic rings. The van der Waals surface area contributed by atoms with Crippen LogP contribution < -0.4 is 9.47 Å². The number of imidazole rings is 1. The first-order valence-corrected chi connectivity index (χ1v) is 6.87. The molecule has 0 radical (unpaired) electrons. The molecule has 0 saturated carbocycles. The number of halogens is 4. The van der Waals surface area contributed by atoms with E-state index in [1.807, 2.05) is 0 Å². The van der Waals surface area contributed by atoms with E-state index >= 15 is 0 Å². The highest BCUT2D eigenvalue weighted by atomic mass is 19.3. The predicted octanol–water partition coefficient (Wildman–Crippen LogP) is 3.26. The van der Waals surface area contributed by atoms with Gasteiger partial charge in [0.1, 0.15) is 6.07 Å². The molecule has 0 saturated heterocycles. The molecule has 0 bridgehead atoms. The number of fused-ring (bicyclic) bond motifs is 2. The molecule has 11 heteroatoms. The summed E-state index contributed by atoms with van der Waals surface area (Å²) >= 11 is 0. The zero-order chi connectivity index (χ0) is 18.6. The second-order valence-electron chi connectivity index (χ2n) is 5.34. The molecule has 0 spiro atoms. The van der Waals surface area contributed by atoms with Crippen LogP contribution in [0.25, 0.3) is 11.0 Å². The maximum atomic E-state index is 13.3. The van der Waals surface area contributed by atoms with E-state index in [1.54, 1.807) is 19.9 Å². The van der Waals surface area contributed by atoms with Crippen molar-refractivity contribution in [1.82, 2.24) is 9.55 Å². The van der Waals surface area contributed by atoms with Crippen molar-refractivity contribution in [3.05, 3.63) is 18.0 Å². The van der Waals surface area contributed by atoms with Crippen LogP contribution in [0.5, 0.6) is 11.5 Å². The lowest BCUT2D eigenvalue weighted by Crippen LogP contribution is -2.52. The lowest BCUT2D eigenvalue weighted by Gasteiger charge is -2.31. The van der Waals surface area contributed by atoms with Crippen LogP contribution in [0, 0.1) is 11.3 Å². The van der Waals surface area contributed by atoms with Crippen LogP contribution in [0.2, 0.25) is 0 Å². The summed E-state index contributed by atoms with van der Waals surface area (Å²) in [6.07, 6.45) is -11.3. The van der Waals surface area contributed by atoms with E-state index in [9.17, 15) is 22.4 Å². The molecule has 1 aromatic carbocycles. The average Bonchev–Trinajstić information content (AvgIpc) is 2.82. The average molecular weight is 359 g/mol. The van der Waals surface area contributed by atoms with Gasteiger partial charge in [0.25, 0.3) is 0 Å². The summed E-state index contributed by atoms with van der Waals surface area (Å²) in [5.41, 5.74) is -0.244. The van der Waals surface area contributed by atoms with Crippen molar-refractivity contribution in [2.45, 2.75) is 32.2 Å². The third kappa shape index (κ3) is 2.59. The number of nitrogens with zero attached hydrogens (tertiary/aromatic N) is 3. The van der Waals surface area contributed by atoms with Gasteiger partial charge in [-0.05, 0) is 13.8 Å². The lowest BCUT2D eigenvalue weighted by molar-refractivity contribution is -0.391. The molecule has 1 aromatic heterocycles. The molecule has 0 fully saturated rings. The molecule has 0 amide bonds. The Bertz CT molecular complexity index is 917. The molecule has 25 heavy (non-hydrogen) atoms. The van der Waals surface area contributed by atoms with E-state index in [-0.39, 0.29) is 11.0 Å². The van der Waals surface area contributed by atoms with E-state index in [0.717, 1.165) is 16.7 Å². The monoisotopic (exact) mass is 359 g/mol. The van der Waals surface area contributed by atoms with Gasteiger partial charge in [0.05, 0.1) is 17.1 Å². The molecule has 0 aliphatic carbocycles. The molecule has 0 unspecified atom stereocenters. The summed E-state index contributed by atoms with van der Waals surface area (Å²) in [4.78, 5) is 15.9. The summed E-state index contributed by atoms with van der Waals surface area (Å²) in [6, 6.07) is 3.35. The molecule has 7 nitrogen and oxygen atoms in total. The van der Waals surface area contributed by atoms with Gasteiger partial charge in [-0.25, -0.2) is 14.3 Å². The fraction of sp³-hybridized carbons (Fsp3) is 0.357. The second kappa shape index (κ2) is 5.23. The van der Waals surface area contributed by atoms with Gasteiger partial charge in [-0.2, -0.15) is 22.8 Å². The Labute approximate surface area is 137 Å². The van der Waals surface area contributed by atoms with Gasteiger partial charge in [0.2, 0.25) is 5.82 Å². The van der Waals surface area contributed by atoms with Crippen molar-refractivity contribution in [2.24, 2.45) is 0 Å². The first-order valence-electron chi connectivity index (χ1n) is 6.87. The Balaban J connectivity index is 2.18. The van der Waals surface area contributed by atoms with Crippen LogP contribution in [0.15, 0.2) is 12.1 Å². The number of carbonyl (C=O) groups excluding carboxylic acids is 1. The molecular formula is C14H9F4N3O4. The van der Waals surface area contributed by atoms with E-state index in [4.69, 9.17) is 10.00 Å². The first kappa shape index (κ1) is 16.8. The molecule has 0 atom stereocenters. The van der Waals surface area contributed by atoms with E-state index in [0.29, 0.717) is 0 Å². The van der Waals surface area contributed by atoms with Crippen LogP contribution in [0.1, 0.15) is 19.7 Å². The zero-order valence-corrected chi connectivity index (χ0v) is 12.7. The van der Waals surface area contributed by atoms with Gasteiger partial charge in [0.15, 0.2) is 11.5 Å². The fourth-order valence-electron chi connectivity index (χ4n) is 2.15. The molecule has 1 aliphatic heterocycles. The van der Waals surface area contributed by atoms with Gasteiger partial charge in [-0.15, -0.1) is 0 Å². The number of rotatable bonds is 1. The van der Waals surface area contributed by atoms with Crippen molar-refractivity contribution in [3.8, 4) is 17.6 Å². The number of carbonyl (C=O) groups is 1. The molecular weight excluding hydrogens is 350 g/mol. The summed E-state index contributed by atoms with van der Waals surface area (Å²) in [6.45, 7) is 3.12. The van der Waals surface area contributed by atoms with Crippen molar-refractivity contribution < 1.29 is 36.6 Å². The summed E-state index contributed by atoms with van der Waals surface area (Å²) in [5.74, 6) is -1.84. The number of aromatic nitrogens is 2. The molecule has 0 N–H and O–H groups in total. The Morgan fingerprint density at radius 2 is 1.80 bits per heavy atom. The third-order valence-corrected chi connectivity index (χ3v) is 3.15. The third-order valence-electron chi connectivity index (χ3n) is 3.15. The number of hydrogen-bond donors (Lipinski definition) is 0. The topological polar surface area (TPSA) is 86.4 Å². The van der Waals surface area contributed by atoms with Crippen molar-refractivity contribution in [1.29, 1.82) is 5.26 Å². The largest absolute Gasteiger partial charge is 0.507 e. The zero-order valence-electron chi connectivity index (χ0n) is 12.7. The van der Waals surface area contributed by atoms with Crippen LogP contribution in [-0.2, 0) is 4.74 Å². The predicted molar refractivity (Wildman–Crippen MR) is 72.6 cm³/mol. The Kier molecular flexibility index (Phi) is 3.52. The number of ether oxygens (including phenoxy) is 3. The molecule has 132 valence electrons. The normalized spacial score (nSPS) is 17.4. The lowest BCUT2D eigenvalue weighted by atomic mass is 10.2. The summed E-state index contributed by atoms with van der Waals surface area (Å²) in [5, 5.41) is 9.09. The van der Waals surface area contributed by atoms with Crippen molar-refractivity contribution in [2.75, 3.05) is 0 Å². The SMILES string of the molecule is CC(C)OC(=O)n1c(C#N)nc2cc3c(cc21)OC(F)(F)C(F)(F)O3.